The van der Waals surface area contributed by atoms with Gasteiger partial charge in [0, 0.05) is 5.02 Å². The molecule has 0 aliphatic rings. The van der Waals surface area contributed by atoms with Crippen molar-refractivity contribution in [2.24, 2.45) is 0 Å². The Bertz CT molecular complexity index is 613. The highest BCUT2D eigenvalue weighted by atomic mass is 35.5. The number of esters is 1. The minimum Gasteiger partial charge on any atom is -0.456 e. The van der Waals surface area contributed by atoms with Crippen LogP contribution < -0.4 is 0 Å². The predicted molar refractivity (Wildman–Crippen MR) is 78.9 cm³/mol. The van der Waals surface area contributed by atoms with Crippen LogP contribution in [0, 0.1) is 0 Å². The molecule has 0 atom stereocenters. The second-order valence-corrected chi connectivity index (χ2v) is 8.71. The maximum atomic E-state index is 12.1. The molecule has 1 aromatic carbocycles. The summed E-state index contributed by atoms with van der Waals surface area (Å²) in [6.45, 7) is 8.36. The van der Waals surface area contributed by atoms with Crippen molar-refractivity contribution in [3.8, 4) is 0 Å². The lowest BCUT2D eigenvalue weighted by atomic mass is 10.1. The van der Waals surface area contributed by atoms with E-state index in [-0.39, 0.29) is 15.5 Å². The Morgan fingerprint density at radius 2 is 1.75 bits per heavy atom. The molecule has 6 heteroatoms. The second kappa shape index (κ2) is 5.74. The lowest BCUT2D eigenvalue weighted by Gasteiger charge is -2.20. The van der Waals surface area contributed by atoms with Gasteiger partial charge in [-0.15, -0.1) is 0 Å². The van der Waals surface area contributed by atoms with Gasteiger partial charge in [-0.2, -0.15) is 0 Å². The van der Waals surface area contributed by atoms with Crippen molar-refractivity contribution in [3.05, 3.63) is 28.8 Å². The molecule has 20 heavy (non-hydrogen) atoms. The third-order valence-electron chi connectivity index (χ3n) is 2.46. The van der Waals surface area contributed by atoms with Crippen molar-refractivity contribution >= 4 is 27.4 Å². The molecule has 0 saturated carbocycles. The number of sulfone groups is 1. The van der Waals surface area contributed by atoms with Crippen molar-refractivity contribution < 1.29 is 17.9 Å². The van der Waals surface area contributed by atoms with E-state index in [4.69, 9.17) is 16.3 Å². The Labute approximate surface area is 125 Å². The summed E-state index contributed by atoms with van der Waals surface area (Å²) in [6, 6.07) is 4.04. The molecule has 112 valence electrons. The fourth-order valence-electron chi connectivity index (χ4n) is 1.45. The molecule has 0 bridgehead atoms. The van der Waals surface area contributed by atoms with Crippen LogP contribution in [0.5, 0.6) is 0 Å². The molecule has 0 fully saturated rings. The maximum Gasteiger partial charge on any atom is 0.338 e. The van der Waals surface area contributed by atoms with Gasteiger partial charge in [-0.25, -0.2) is 13.2 Å². The summed E-state index contributed by atoms with van der Waals surface area (Å²) in [6.07, 6.45) is 0. The lowest BCUT2D eigenvalue weighted by Crippen LogP contribution is -2.24. The summed E-state index contributed by atoms with van der Waals surface area (Å²) >= 11 is 5.90. The Hall–Kier alpha value is -1.07. The van der Waals surface area contributed by atoms with Crippen LogP contribution in [-0.2, 0) is 14.6 Å². The molecule has 0 spiro atoms. The first-order chi connectivity index (χ1) is 8.93. The Morgan fingerprint density at radius 3 is 2.20 bits per heavy atom. The second-order valence-electron chi connectivity index (χ2n) is 5.77. The molecule has 0 unspecified atom stereocenters. The van der Waals surface area contributed by atoms with E-state index < -0.39 is 26.7 Å². The number of hydrogen-bond donors (Lipinski definition) is 0. The quantitative estimate of drug-likeness (QED) is 0.800. The van der Waals surface area contributed by atoms with Gasteiger partial charge < -0.3 is 4.74 Å². The summed E-state index contributed by atoms with van der Waals surface area (Å²) in [4.78, 5) is 12.0. The number of rotatable bonds is 3. The molecule has 0 aromatic heterocycles. The van der Waals surface area contributed by atoms with Gasteiger partial charge in [0.05, 0.1) is 15.7 Å². The third kappa shape index (κ3) is 4.21. The monoisotopic (exact) mass is 318 g/mol. The van der Waals surface area contributed by atoms with E-state index in [1.54, 1.807) is 34.6 Å². The summed E-state index contributed by atoms with van der Waals surface area (Å²) in [7, 11) is -3.49. The first kappa shape index (κ1) is 17.0. The number of hydrogen-bond acceptors (Lipinski definition) is 4. The van der Waals surface area contributed by atoms with Crippen LogP contribution in [0.2, 0.25) is 5.02 Å². The fourth-order valence-corrected chi connectivity index (χ4v) is 2.88. The standard InChI is InChI=1S/C14H19ClO4S/c1-9(2)20(17,18)12-7-10(6-11(15)8-12)13(16)19-14(3,4)5/h6-9H,1-5H3. The number of halogens is 1. The minimum atomic E-state index is -3.49. The summed E-state index contributed by atoms with van der Waals surface area (Å²) < 4.78 is 29.5. The van der Waals surface area contributed by atoms with Crippen LogP contribution in [-0.4, -0.2) is 25.2 Å². The van der Waals surface area contributed by atoms with Gasteiger partial charge in [-0.1, -0.05) is 11.6 Å². The van der Waals surface area contributed by atoms with Gasteiger partial charge in [0.1, 0.15) is 5.60 Å². The third-order valence-corrected chi connectivity index (χ3v) is 4.81. The topological polar surface area (TPSA) is 60.4 Å². The lowest BCUT2D eigenvalue weighted by molar-refractivity contribution is 0.00692. The zero-order valence-electron chi connectivity index (χ0n) is 12.2. The summed E-state index contributed by atoms with van der Waals surface area (Å²) in [5.74, 6) is -0.597. The molecule has 0 heterocycles. The van der Waals surface area contributed by atoms with Gasteiger partial charge in [0.2, 0.25) is 0 Å². The molecular weight excluding hydrogens is 300 g/mol. The van der Waals surface area contributed by atoms with E-state index in [0.29, 0.717) is 0 Å². The van der Waals surface area contributed by atoms with Crippen molar-refractivity contribution in [1.29, 1.82) is 0 Å². The maximum absolute atomic E-state index is 12.1. The summed E-state index contributed by atoms with van der Waals surface area (Å²) in [5.41, 5.74) is -0.525. The molecule has 0 radical (unpaired) electrons. The Balaban J connectivity index is 3.26. The van der Waals surface area contributed by atoms with Crippen LogP contribution in [0.1, 0.15) is 45.0 Å². The van der Waals surface area contributed by atoms with Crippen LogP contribution in [0.15, 0.2) is 23.1 Å². The highest BCUT2D eigenvalue weighted by molar-refractivity contribution is 7.92. The molecule has 0 saturated heterocycles. The van der Waals surface area contributed by atoms with Crippen molar-refractivity contribution in [3.63, 3.8) is 0 Å². The largest absolute Gasteiger partial charge is 0.456 e. The van der Waals surface area contributed by atoms with E-state index in [0.717, 1.165) is 0 Å². The van der Waals surface area contributed by atoms with Gasteiger partial charge in [0.25, 0.3) is 0 Å². The summed E-state index contributed by atoms with van der Waals surface area (Å²) in [5, 5.41) is -0.403. The molecular formula is C14H19ClO4S. The van der Waals surface area contributed by atoms with Gasteiger partial charge >= 0.3 is 5.97 Å². The Kier molecular flexibility index (Phi) is 4.87. The molecule has 0 amide bonds. The highest BCUT2D eigenvalue weighted by Crippen LogP contribution is 2.24. The molecule has 4 nitrogen and oxygen atoms in total. The average Bonchev–Trinajstić information content (AvgIpc) is 2.25. The fraction of sp³-hybridized carbons (Fsp3) is 0.500. The van der Waals surface area contributed by atoms with Crippen molar-refractivity contribution in [2.45, 2.75) is 50.4 Å². The predicted octanol–water partition coefficient (Wildman–Crippen LogP) is 3.48. The molecule has 0 aliphatic carbocycles. The van der Waals surface area contributed by atoms with Gasteiger partial charge in [-0.05, 0) is 52.8 Å². The van der Waals surface area contributed by atoms with Crippen molar-refractivity contribution in [2.75, 3.05) is 0 Å². The van der Waals surface area contributed by atoms with E-state index in [9.17, 15) is 13.2 Å². The first-order valence-electron chi connectivity index (χ1n) is 6.21. The average molecular weight is 319 g/mol. The molecule has 0 N–H and O–H groups in total. The first-order valence-corrected chi connectivity index (χ1v) is 8.14. The zero-order valence-corrected chi connectivity index (χ0v) is 13.8. The van der Waals surface area contributed by atoms with E-state index >= 15 is 0 Å². The SMILES string of the molecule is CC(C)S(=O)(=O)c1cc(Cl)cc(C(=O)OC(C)(C)C)c1. The van der Waals surface area contributed by atoms with Crippen LogP contribution in [0.3, 0.4) is 0 Å². The van der Waals surface area contributed by atoms with Gasteiger partial charge in [-0.3, -0.25) is 0 Å². The molecule has 0 aliphatic heterocycles. The molecule has 1 rings (SSSR count). The number of benzene rings is 1. The van der Waals surface area contributed by atoms with Crippen LogP contribution in [0.4, 0.5) is 0 Å². The van der Waals surface area contributed by atoms with Gasteiger partial charge in [0.15, 0.2) is 9.84 Å². The van der Waals surface area contributed by atoms with E-state index in [1.165, 1.54) is 18.2 Å². The number of ether oxygens (including phenoxy) is 1. The molecule has 1 aromatic rings. The van der Waals surface area contributed by atoms with E-state index in [2.05, 4.69) is 0 Å². The van der Waals surface area contributed by atoms with Crippen LogP contribution >= 0.6 is 11.6 Å². The zero-order chi connectivity index (χ0) is 15.7. The minimum absolute atomic E-state index is 0.0286. The van der Waals surface area contributed by atoms with Crippen molar-refractivity contribution in [1.82, 2.24) is 0 Å². The van der Waals surface area contributed by atoms with E-state index in [1.807, 2.05) is 0 Å². The number of carbonyl (C=O) groups is 1. The highest BCUT2D eigenvalue weighted by Gasteiger charge is 2.23. The van der Waals surface area contributed by atoms with Crippen LogP contribution in [0.25, 0.3) is 0 Å². The normalized spacial score (nSPS) is 12.6. The Morgan fingerprint density at radius 1 is 1.20 bits per heavy atom. The number of carbonyl (C=O) groups excluding carboxylic acids is 1. The smallest absolute Gasteiger partial charge is 0.338 e.